The van der Waals surface area contributed by atoms with Crippen molar-refractivity contribution in [3.8, 4) is 0 Å². The third-order valence-corrected chi connectivity index (χ3v) is 4.67. The molecule has 0 bridgehead atoms. The Morgan fingerprint density at radius 3 is 2.73 bits per heavy atom. The van der Waals surface area contributed by atoms with Crippen LogP contribution in [0.4, 0.5) is 0 Å². The summed E-state index contributed by atoms with van der Waals surface area (Å²) >= 11 is 1.88. The second kappa shape index (κ2) is 4.18. The minimum absolute atomic E-state index is 0.595. The molecule has 0 unspecified atom stereocenters. The van der Waals surface area contributed by atoms with E-state index in [2.05, 4.69) is 26.0 Å². The van der Waals surface area contributed by atoms with Crippen LogP contribution in [-0.2, 0) is 5.60 Å². The summed E-state index contributed by atoms with van der Waals surface area (Å²) < 4.78 is 0. The zero-order chi connectivity index (χ0) is 10.9. The smallest absolute Gasteiger partial charge is 0.0989 e. The van der Waals surface area contributed by atoms with Crippen molar-refractivity contribution in [1.82, 2.24) is 0 Å². The van der Waals surface area contributed by atoms with Gasteiger partial charge in [-0.2, -0.15) is 11.8 Å². The second-order valence-electron chi connectivity index (χ2n) is 4.51. The molecule has 1 N–H and O–H groups in total. The van der Waals surface area contributed by atoms with Crippen LogP contribution in [0.2, 0.25) is 0 Å². The van der Waals surface area contributed by atoms with Crippen LogP contribution in [0.1, 0.15) is 30.9 Å². The molecule has 2 rings (SSSR count). The van der Waals surface area contributed by atoms with Gasteiger partial charge in [-0.1, -0.05) is 31.2 Å². The summed E-state index contributed by atoms with van der Waals surface area (Å²) in [5, 5.41) is 11.3. The van der Waals surface area contributed by atoms with Crippen LogP contribution in [0, 0.1) is 6.92 Å². The van der Waals surface area contributed by atoms with E-state index in [-0.39, 0.29) is 0 Å². The Hall–Kier alpha value is -0.470. The summed E-state index contributed by atoms with van der Waals surface area (Å²) in [7, 11) is 0. The molecular weight excluding hydrogens is 204 g/mol. The number of aryl methyl sites for hydroxylation is 1. The first kappa shape index (κ1) is 11.0. The highest BCUT2D eigenvalue weighted by atomic mass is 32.2. The van der Waals surface area contributed by atoms with Crippen molar-refractivity contribution in [2.75, 3.05) is 5.75 Å². The van der Waals surface area contributed by atoms with E-state index >= 15 is 0 Å². The van der Waals surface area contributed by atoms with Crippen molar-refractivity contribution in [1.29, 1.82) is 0 Å². The summed E-state index contributed by atoms with van der Waals surface area (Å²) in [4.78, 5) is 0. The first-order chi connectivity index (χ1) is 7.12. The molecular formula is C13H18OS. The highest BCUT2D eigenvalue weighted by molar-refractivity contribution is 8.00. The third kappa shape index (κ3) is 2.21. The van der Waals surface area contributed by atoms with Crippen LogP contribution >= 0.6 is 11.8 Å². The lowest BCUT2D eigenvalue weighted by Gasteiger charge is -2.35. The van der Waals surface area contributed by atoms with Gasteiger partial charge in [-0.15, -0.1) is 0 Å². The Morgan fingerprint density at radius 1 is 1.40 bits per heavy atom. The van der Waals surface area contributed by atoms with Gasteiger partial charge >= 0.3 is 0 Å². The Labute approximate surface area is 95.9 Å². The molecule has 1 nitrogen and oxygen atoms in total. The Balaban J connectivity index is 2.26. The lowest BCUT2D eigenvalue weighted by Crippen LogP contribution is -2.34. The van der Waals surface area contributed by atoms with E-state index in [0.29, 0.717) is 5.25 Å². The van der Waals surface area contributed by atoms with Gasteiger partial charge < -0.3 is 5.11 Å². The average Bonchev–Trinajstić information content (AvgIpc) is 2.23. The molecule has 0 amide bonds. The normalized spacial score (nSPS) is 31.5. The molecule has 82 valence electrons. The van der Waals surface area contributed by atoms with E-state index in [1.165, 1.54) is 5.56 Å². The monoisotopic (exact) mass is 222 g/mol. The SMILES string of the molecule is Cc1ccccc1[C@@]1(O)CC[C@H](C)SC1. The first-order valence-electron chi connectivity index (χ1n) is 5.52. The molecule has 2 heteroatoms. The fraction of sp³-hybridized carbons (Fsp3) is 0.538. The zero-order valence-electron chi connectivity index (χ0n) is 9.36. The molecule has 1 heterocycles. The third-order valence-electron chi connectivity index (χ3n) is 3.22. The van der Waals surface area contributed by atoms with Crippen LogP contribution in [0.3, 0.4) is 0 Å². The number of benzene rings is 1. The van der Waals surface area contributed by atoms with Gasteiger partial charge in [0.2, 0.25) is 0 Å². The molecule has 0 aliphatic carbocycles. The average molecular weight is 222 g/mol. The molecule has 0 aromatic heterocycles. The fourth-order valence-corrected chi connectivity index (χ4v) is 3.33. The van der Waals surface area contributed by atoms with Gasteiger partial charge in [-0.05, 0) is 30.9 Å². The molecule has 1 aliphatic rings. The lowest BCUT2D eigenvalue weighted by molar-refractivity contribution is 0.0465. The van der Waals surface area contributed by atoms with E-state index in [9.17, 15) is 5.11 Å². The number of hydrogen-bond donors (Lipinski definition) is 1. The Morgan fingerprint density at radius 2 is 2.13 bits per heavy atom. The second-order valence-corrected chi connectivity index (χ2v) is 5.93. The number of thioether (sulfide) groups is 1. The molecule has 1 saturated heterocycles. The number of aliphatic hydroxyl groups is 1. The number of hydrogen-bond acceptors (Lipinski definition) is 2. The number of rotatable bonds is 1. The standard InChI is InChI=1S/C13H18OS/c1-10-5-3-4-6-12(10)13(14)8-7-11(2)15-9-13/h3-6,11,14H,7-9H2,1-2H3/t11-,13+/m0/s1. The van der Waals surface area contributed by atoms with Gasteiger partial charge in [0.25, 0.3) is 0 Å². The van der Waals surface area contributed by atoms with Gasteiger partial charge in [0.1, 0.15) is 0 Å². The molecule has 0 spiro atoms. The van der Waals surface area contributed by atoms with Crippen LogP contribution in [-0.4, -0.2) is 16.1 Å². The minimum Gasteiger partial charge on any atom is -0.384 e. The summed E-state index contributed by atoms with van der Waals surface area (Å²) in [6.07, 6.45) is 2.00. The first-order valence-corrected chi connectivity index (χ1v) is 6.57. The highest BCUT2D eigenvalue weighted by Gasteiger charge is 2.34. The van der Waals surface area contributed by atoms with E-state index in [4.69, 9.17) is 0 Å². The van der Waals surface area contributed by atoms with E-state index in [1.54, 1.807) is 0 Å². The van der Waals surface area contributed by atoms with Crippen molar-refractivity contribution >= 4 is 11.8 Å². The van der Waals surface area contributed by atoms with Crippen molar-refractivity contribution in [3.05, 3.63) is 35.4 Å². The topological polar surface area (TPSA) is 20.2 Å². The molecule has 1 aromatic carbocycles. The van der Waals surface area contributed by atoms with Crippen LogP contribution in [0.25, 0.3) is 0 Å². The summed E-state index contributed by atoms with van der Waals surface area (Å²) in [5.41, 5.74) is 1.72. The van der Waals surface area contributed by atoms with Gasteiger partial charge in [0, 0.05) is 11.0 Å². The molecule has 1 aromatic rings. The predicted molar refractivity (Wildman–Crippen MR) is 66.2 cm³/mol. The van der Waals surface area contributed by atoms with Crippen LogP contribution in [0.5, 0.6) is 0 Å². The van der Waals surface area contributed by atoms with Gasteiger partial charge in [-0.3, -0.25) is 0 Å². The molecule has 2 atom stereocenters. The minimum atomic E-state index is -0.595. The molecule has 1 fully saturated rings. The maximum atomic E-state index is 10.6. The summed E-state index contributed by atoms with van der Waals surface area (Å²) in [6.45, 7) is 4.32. The Kier molecular flexibility index (Phi) is 3.08. The quantitative estimate of drug-likeness (QED) is 0.788. The van der Waals surface area contributed by atoms with Crippen molar-refractivity contribution in [2.24, 2.45) is 0 Å². The van der Waals surface area contributed by atoms with Crippen LogP contribution < -0.4 is 0 Å². The van der Waals surface area contributed by atoms with Crippen molar-refractivity contribution in [2.45, 2.75) is 37.5 Å². The van der Waals surface area contributed by atoms with E-state index in [1.807, 2.05) is 23.9 Å². The maximum Gasteiger partial charge on any atom is 0.0989 e. The Bertz CT molecular complexity index is 340. The van der Waals surface area contributed by atoms with Gasteiger partial charge in [0.15, 0.2) is 0 Å². The molecule has 0 saturated carbocycles. The zero-order valence-corrected chi connectivity index (χ0v) is 10.2. The highest BCUT2D eigenvalue weighted by Crippen LogP contribution is 2.39. The van der Waals surface area contributed by atoms with Crippen molar-refractivity contribution < 1.29 is 5.11 Å². The van der Waals surface area contributed by atoms with Gasteiger partial charge in [0.05, 0.1) is 5.60 Å². The lowest BCUT2D eigenvalue weighted by atomic mass is 9.87. The van der Waals surface area contributed by atoms with Crippen molar-refractivity contribution in [3.63, 3.8) is 0 Å². The fourth-order valence-electron chi connectivity index (χ4n) is 2.19. The molecule has 15 heavy (non-hydrogen) atoms. The van der Waals surface area contributed by atoms with Gasteiger partial charge in [-0.25, -0.2) is 0 Å². The molecule has 1 aliphatic heterocycles. The van der Waals surface area contributed by atoms with Crippen LogP contribution in [0.15, 0.2) is 24.3 Å². The largest absolute Gasteiger partial charge is 0.384 e. The molecule has 0 radical (unpaired) electrons. The maximum absolute atomic E-state index is 10.6. The van der Waals surface area contributed by atoms with E-state index < -0.39 is 5.60 Å². The predicted octanol–water partition coefficient (Wildman–Crippen LogP) is 3.10. The summed E-state index contributed by atoms with van der Waals surface area (Å²) in [5.74, 6) is 0.832. The van der Waals surface area contributed by atoms with E-state index in [0.717, 1.165) is 24.2 Å². The summed E-state index contributed by atoms with van der Waals surface area (Å²) in [6, 6.07) is 8.19.